The molecule has 0 bridgehead atoms. The zero-order valence-corrected chi connectivity index (χ0v) is 15.3. The number of amides is 1. The van der Waals surface area contributed by atoms with Gasteiger partial charge in [0.2, 0.25) is 0 Å². The molecule has 1 amide bonds. The number of aromatic nitrogens is 1. The lowest BCUT2D eigenvalue weighted by atomic mass is 10.1. The van der Waals surface area contributed by atoms with Gasteiger partial charge in [-0.3, -0.25) is 4.79 Å². The van der Waals surface area contributed by atoms with Crippen molar-refractivity contribution in [3.63, 3.8) is 0 Å². The van der Waals surface area contributed by atoms with Gasteiger partial charge in [-0.05, 0) is 44.2 Å². The number of halogens is 1. The van der Waals surface area contributed by atoms with Gasteiger partial charge in [-0.2, -0.15) is 5.10 Å². The fourth-order valence-corrected chi connectivity index (χ4v) is 3.00. The molecular formula is C21H18FN3O3. The molecule has 2 aromatic carbocycles. The molecule has 2 N–H and O–H groups in total. The van der Waals surface area contributed by atoms with E-state index in [-0.39, 0.29) is 11.1 Å². The van der Waals surface area contributed by atoms with Gasteiger partial charge in [0.25, 0.3) is 5.91 Å². The van der Waals surface area contributed by atoms with Crippen LogP contribution in [0.5, 0.6) is 0 Å². The molecule has 0 radical (unpaired) electrons. The van der Waals surface area contributed by atoms with E-state index in [1.807, 2.05) is 24.5 Å². The van der Waals surface area contributed by atoms with E-state index in [0.29, 0.717) is 11.3 Å². The minimum atomic E-state index is -1.02. The Bertz CT molecular complexity index is 1090. The van der Waals surface area contributed by atoms with Gasteiger partial charge in [0.1, 0.15) is 5.82 Å². The molecule has 7 heteroatoms. The van der Waals surface area contributed by atoms with Crippen LogP contribution >= 0.6 is 0 Å². The third-order valence-electron chi connectivity index (χ3n) is 4.33. The molecule has 1 aromatic heterocycles. The topological polar surface area (TPSA) is 83.7 Å². The van der Waals surface area contributed by atoms with E-state index in [1.54, 1.807) is 30.3 Å². The minimum Gasteiger partial charge on any atom is -0.478 e. The number of aromatic carboxylic acids is 1. The number of hydrazone groups is 1. The molecule has 0 aliphatic rings. The molecule has 0 aliphatic heterocycles. The number of carboxylic acids is 1. The predicted octanol–water partition coefficient (Wildman–Crippen LogP) is 3.70. The third-order valence-corrected chi connectivity index (χ3v) is 4.33. The maximum absolute atomic E-state index is 13.6. The largest absolute Gasteiger partial charge is 0.478 e. The zero-order chi connectivity index (χ0) is 20.3. The van der Waals surface area contributed by atoms with Gasteiger partial charge in [0.05, 0.1) is 23.0 Å². The monoisotopic (exact) mass is 379 g/mol. The predicted molar refractivity (Wildman–Crippen MR) is 104 cm³/mol. The smallest absolute Gasteiger partial charge is 0.337 e. The molecule has 3 rings (SSSR count). The quantitative estimate of drug-likeness (QED) is 0.524. The van der Waals surface area contributed by atoms with Crippen molar-refractivity contribution in [2.75, 3.05) is 0 Å². The molecule has 142 valence electrons. The van der Waals surface area contributed by atoms with E-state index in [1.165, 1.54) is 24.4 Å². The number of aryl methyl sites for hydroxylation is 1. The third kappa shape index (κ3) is 3.68. The van der Waals surface area contributed by atoms with Gasteiger partial charge in [-0.1, -0.05) is 24.3 Å². The summed E-state index contributed by atoms with van der Waals surface area (Å²) in [6.07, 6.45) is 1.45. The molecule has 6 nitrogen and oxygen atoms in total. The second kappa shape index (κ2) is 7.87. The van der Waals surface area contributed by atoms with Crippen molar-refractivity contribution in [2.45, 2.75) is 13.8 Å². The number of benzene rings is 2. The summed E-state index contributed by atoms with van der Waals surface area (Å²) >= 11 is 0. The summed E-state index contributed by atoms with van der Waals surface area (Å²) in [6, 6.07) is 14.2. The number of nitrogens with one attached hydrogen (secondary N) is 1. The number of nitrogens with zero attached hydrogens (tertiary/aromatic N) is 2. The summed E-state index contributed by atoms with van der Waals surface area (Å²) < 4.78 is 15.4. The van der Waals surface area contributed by atoms with Crippen LogP contribution in [-0.4, -0.2) is 27.8 Å². The number of carbonyl (C=O) groups is 2. The van der Waals surface area contributed by atoms with Crippen LogP contribution in [0.15, 0.2) is 59.7 Å². The van der Waals surface area contributed by atoms with Crippen LogP contribution in [0.3, 0.4) is 0 Å². The van der Waals surface area contributed by atoms with Gasteiger partial charge in [-0.25, -0.2) is 14.6 Å². The van der Waals surface area contributed by atoms with E-state index in [4.69, 9.17) is 0 Å². The molecule has 1 heterocycles. The lowest BCUT2D eigenvalue weighted by Crippen LogP contribution is -2.19. The Morgan fingerprint density at radius 1 is 1.07 bits per heavy atom. The van der Waals surface area contributed by atoms with Crippen LogP contribution < -0.4 is 5.43 Å². The summed E-state index contributed by atoms with van der Waals surface area (Å²) in [4.78, 5) is 23.5. The molecular weight excluding hydrogens is 361 g/mol. The molecule has 0 aliphatic carbocycles. The Labute approximate surface area is 160 Å². The van der Waals surface area contributed by atoms with E-state index in [0.717, 1.165) is 11.4 Å². The molecule has 0 fully saturated rings. The fraction of sp³-hybridized carbons (Fsp3) is 0.0952. The molecule has 28 heavy (non-hydrogen) atoms. The Morgan fingerprint density at radius 3 is 2.39 bits per heavy atom. The zero-order valence-electron chi connectivity index (χ0n) is 15.3. The van der Waals surface area contributed by atoms with Gasteiger partial charge in [0, 0.05) is 17.0 Å². The standard InChI is InChI=1S/C21H18FN3O3/c1-13-11-15(12-23-24-20(26)16-7-3-5-9-18(16)22)14(2)25(13)19-10-6-4-8-17(19)21(27)28/h3-12H,1-2H3,(H,24,26)(H,27,28)/b23-12-. The SMILES string of the molecule is Cc1cc(/C=N\NC(=O)c2ccccc2F)c(C)n1-c1ccccc1C(=O)O. The van der Waals surface area contributed by atoms with E-state index in [9.17, 15) is 19.1 Å². The number of carbonyl (C=O) groups excluding carboxylic acids is 1. The molecule has 0 saturated heterocycles. The van der Waals surface area contributed by atoms with Gasteiger partial charge >= 0.3 is 5.97 Å². The van der Waals surface area contributed by atoms with Crippen molar-refractivity contribution >= 4 is 18.1 Å². The van der Waals surface area contributed by atoms with Gasteiger partial charge in [-0.15, -0.1) is 0 Å². The summed E-state index contributed by atoms with van der Waals surface area (Å²) in [5.41, 5.74) is 5.20. The van der Waals surface area contributed by atoms with Crippen molar-refractivity contribution in [2.24, 2.45) is 5.10 Å². The second-order valence-corrected chi connectivity index (χ2v) is 6.16. The minimum absolute atomic E-state index is 0.0968. The summed E-state index contributed by atoms with van der Waals surface area (Å²) in [5, 5.41) is 13.3. The highest BCUT2D eigenvalue weighted by molar-refractivity contribution is 5.95. The van der Waals surface area contributed by atoms with Crippen LogP contribution in [-0.2, 0) is 0 Å². The molecule has 3 aromatic rings. The maximum atomic E-state index is 13.6. The highest BCUT2D eigenvalue weighted by Crippen LogP contribution is 2.23. The lowest BCUT2D eigenvalue weighted by molar-refractivity contribution is 0.0696. The number of rotatable bonds is 5. The highest BCUT2D eigenvalue weighted by Gasteiger charge is 2.16. The first-order valence-electron chi connectivity index (χ1n) is 8.49. The van der Waals surface area contributed by atoms with Crippen LogP contribution in [0.2, 0.25) is 0 Å². The van der Waals surface area contributed by atoms with Crippen LogP contribution in [0, 0.1) is 19.7 Å². The van der Waals surface area contributed by atoms with Crippen LogP contribution in [0.1, 0.15) is 37.7 Å². The molecule has 0 unspecified atom stereocenters. The van der Waals surface area contributed by atoms with Crippen molar-refractivity contribution in [3.05, 3.63) is 88.5 Å². The van der Waals surface area contributed by atoms with Crippen molar-refractivity contribution in [1.29, 1.82) is 0 Å². The molecule has 0 spiro atoms. The van der Waals surface area contributed by atoms with E-state index >= 15 is 0 Å². The first-order chi connectivity index (χ1) is 13.4. The maximum Gasteiger partial charge on any atom is 0.337 e. The Hall–Kier alpha value is -3.74. The summed E-state index contributed by atoms with van der Waals surface area (Å²) in [5.74, 6) is -2.30. The number of hydrogen-bond donors (Lipinski definition) is 2. The average Bonchev–Trinajstić information content (AvgIpc) is 2.95. The summed E-state index contributed by atoms with van der Waals surface area (Å²) in [7, 11) is 0. The van der Waals surface area contributed by atoms with Gasteiger partial charge < -0.3 is 9.67 Å². The van der Waals surface area contributed by atoms with Gasteiger partial charge in [0.15, 0.2) is 0 Å². The van der Waals surface area contributed by atoms with Crippen molar-refractivity contribution in [1.82, 2.24) is 9.99 Å². The second-order valence-electron chi connectivity index (χ2n) is 6.16. The first-order valence-corrected chi connectivity index (χ1v) is 8.49. The number of para-hydroxylation sites is 1. The molecule has 0 atom stereocenters. The number of carboxylic acid groups (broad SMARTS) is 1. The fourth-order valence-electron chi connectivity index (χ4n) is 3.00. The van der Waals surface area contributed by atoms with Crippen LogP contribution in [0.25, 0.3) is 5.69 Å². The number of hydrogen-bond acceptors (Lipinski definition) is 3. The lowest BCUT2D eigenvalue weighted by Gasteiger charge is -2.12. The van der Waals surface area contributed by atoms with E-state index in [2.05, 4.69) is 10.5 Å². The van der Waals surface area contributed by atoms with Crippen molar-refractivity contribution < 1.29 is 19.1 Å². The Morgan fingerprint density at radius 2 is 1.71 bits per heavy atom. The molecule has 0 saturated carbocycles. The first kappa shape index (κ1) is 19.0. The Kier molecular flexibility index (Phi) is 5.35. The van der Waals surface area contributed by atoms with E-state index < -0.39 is 17.7 Å². The highest BCUT2D eigenvalue weighted by atomic mass is 19.1. The average molecular weight is 379 g/mol. The Balaban J connectivity index is 1.87. The summed E-state index contributed by atoms with van der Waals surface area (Å²) in [6.45, 7) is 3.67. The normalized spacial score (nSPS) is 11.0. The van der Waals surface area contributed by atoms with Crippen LogP contribution in [0.4, 0.5) is 4.39 Å². The van der Waals surface area contributed by atoms with Crippen molar-refractivity contribution in [3.8, 4) is 5.69 Å².